The average molecular weight is 227 g/mol. The number of carbonyl (C=O) groups excluding carboxylic acids is 1. The molecule has 0 bridgehead atoms. The Balaban J connectivity index is 2.73. The molecule has 84 valence electrons. The van der Waals surface area contributed by atoms with Crippen LogP contribution in [-0.4, -0.2) is 30.0 Å². The highest BCUT2D eigenvalue weighted by atomic mass is 32.1. The van der Waals surface area contributed by atoms with Gasteiger partial charge < -0.3 is 10.2 Å². The van der Waals surface area contributed by atoms with Crippen molar-refractivity contribution >= 4 is 17.4 Å². The van der Waals surface area contributed by atoms with Crippen LogP contribution in [0.1, 0.15) is 28.5 Å². The second-order valence-electron chi connectivity index (χ2n) is 3.75. The van der Waals surface area contributed by atoms with E-state index >= 15 is 0 Å². The fourth-order valence-electron chi connectivity index (χ4n) is 1.33. The predicted molar refractivity (Wildman–Crippen MR) is 62.2 cm³/mol. The summed E-state index contributed by atoms with van der Waals surface area (Å²) in [6.45, 7) is 5.92. The summed E-state index contributed by atoms with van der Waals surface area (Å²) in [5.41, 5.74) is 1.00. The quantitative estimate of drug-likeness (QED) is 0.841. The van der Waals surface area contributed by atoms with Crippen LogP contribution < -0.4 is 5.32 Å². The number of aryl methyl sites for hydroxylation is 2. The third-order valence-electron chi connectivity index (χ3n) is 2.08. The monoisotopic (exact) mass is 227 g/mol. The lowest BCUT2D eigenvalue weighted by molar-refractivity contribution is 0.214. The Morgan fingerprint density at radius 1 is 1.47 bits per heavy atom. The minimum absolute atomic E-state index is 0.0195. The van der Waals surface area contributed by atoms with Crippen LogP contribution in [0.15, 0.2) is 0 Å². The van der Waals surface area contributed by atoms with Crippen LogP contribution in [0, 0.1) is 13.8 Å². The van der Waals surface area contributed by atoms with Crippen LogP contribution in [0.5, 0.6) is 0 Å². The van der Waals surface area contributed by atoms with E-state index in [1.54, 1.807) is 25.4 Å². The Kier molecular flexibility index (Phi) is 3.68. The molecule has 4 nitrogen and oxygen atoms in total. The number of nitrogens with zero attached hydrogens (tertiary/aromatic N) is 2. The topological polar surface area (TPSA) is 45.2 Å². The van der Waals surface area contributed by atoms with Crippen LogP contribution in [0.25, 0.3) is 0 Å². The van der Waals surface area contributed by atoms with E-state index in [0.29, 0.717) is 0 Å². The van der Waals surface area contributed by atoms with Gasteiger partial charge in [0.05, 0.1) is 16.7 Å². The van der Waals surface area contributed by atoms with Crippen LogP contribution in [-0.2, 0) is 0 Å². The highest BCUT2D eigenvalue weighted by Crippen LogP contribution is 2.24. The van der Waals surface area contributed by atoms with Crippen molar-refractivity contribution in [3.05, 3.63) is 15.6 Å². The lowest BCUT2D eigenvalue weighted by Crippen LogP contribution is -2.36. The molecule has 1 unspecified atom stereocenters. The largest absolute Gasteiger partial charge is 0.331 e. The molecular formula is C10H17N3OS. The molecule has 0 spiro atoms. The maximum Gasteiger partial charge on any atom is 0.317 e. The SMILES string of the molecule is Cc1nc(C)c(C(C)NC(=O)N(C)C)s1. The zero-order valence-corrected chi connectivity index (χ0v) is 10.6. The molecule has 0 fully saturated rings. The molecule has 0 radical (unpaired) electrons. The standard InChI is InChI=1S/C10H17N3OS/c1-6-9(15-8(3)11-6)7(2)12-10(14)13(4)5/h7H,1-5H3,(H,12,14). The molecule has 2 amide bonds. The van der Waals surface area contributed by atoms with Gasteiger partial charge in [-0.2, -0.15) is 0 Å². The third-order valence-corrected chi connectivity index (χ3v) is 3.33. The summed E-state index contributed by atoms with van der Waals surface area (Å²) in [6.07, 6.45) is 0. The number of urea groups is 1. The fourth-order valence-corrected chi connectivity index (χ4v) is 2.26. The maximum absolute atomic E-state index is 11.4. The maximum atomic E-state index is 11.4. The highest BCUT2D eigenvalue weighted by molar-refractivity contribution is 7.11. The lowest BCUT2D eigenvalue weighted by Gasteiger charge is -2.17. The van der Waals surface area contributed by atoms with E-state index in [2.05, 4.69) is 10.3 Å². The average Bonchev–Trinajstić information content (AvgIpc) is 2.44. The van der Waals surface area contributed by atoms with E-state index in [1.165, 1.54) is 4.90 Å². The summed E-state index contributed by atoms with van der Waals surface area (Å²) < 4.78 is 0. The molecule has 5 heteroatoms. The summed E-state index contributed by atoms with van der Waals surface area (Å²) in [7, 11) is 3.46. The van der Waals surface area contributed by atoms with Crippen molar-refractivity contribution in [3.8, 4) is 0 Å². The van der Waals surface area contributed by atoms with Gasteiger partial charge in [-0.1, -0.05) is 0 Å². The number of aromatic nitrogens is 1. The minimum Gasteiger partial charge on any atom is -0.331 e. The molecule has 0 saturated heterocycles. The first-order valence-corrected chi connectivity index (χ1v) is 5.65. The Morgan fingerprint density at radius 3 is 2.47 bits per heavy atom. The van der Waals surface area contributed by atoms with Crippen molar-refractivity contribution in [1.82, 2.24) is 15.2 Å². The summed E-state index contributed by atoms with van der Waals surface area (Å²) in [5, 5.41) is 3.94. The number of carbonyl (C=O) groups is 1. The van der Waals surface area contributed by atoms with E-state index in [9.17, 15) is 4.79 Å². The van der Waals surface area contributed by atoms with Crippen molar-refractivity contribution in [1.29, 1.82) is 0 Å². The van der Waals surface area contributed by atoms with E-state index in [4.69, 9.17) is 0 Å². The molecule has 15 heavy (non-hydrogen) atoms. The number of hydrogen-bond donors (Lipinski definition) is 1. The van der Waals surface area contributed by atoms with Crippen molar-refractivity contribution in [2.45, 2.75) is 26.8 Å². The number of amides is 2. The summed E-state index contributed by atoms with van der Waals surface area (Å²) >= 11 is 1.63. The zero-order valence-electron chi connectivity index (χ0n) is 9.79. The molecule has 0 saturated carbocycles. The third kappa shape index (κ3) is 2.92. The smallest absolute Gasteiger partial charge is 0.317 e. The normalized spacial score (nSPS) is 12.3. The Labute approximate surface area is 94.3 Å². The zero-order chi connectivity index (χ0) is 11.6. The van der Waals surface area contributed by atoms with Crippen LogP contribution in [0.4, 0.5) is 4.79 Å². The van der Waals surface area contributed by atoms with Gasteiger partial charge in [0.25, 0.3) is 0 Å². The predicted octanol–water partition coefficient (Wildman–Crippen LogP) is 2.09. The second-order valence-corrected chi connectivity index (χ2v) is 4.98. The molecule has 0 aliphatic heterocycles. The molecule has 1 heterocycles. The molecule has 0 aromatic carbocycles. The molecule has 1 aromatic heterocycles. The summed E-state index contributed by atoms with van der Waals surface area (Å²) in [6, 6.07) is -0.0564. The van der Waals surface area contributed by atoms with Gasteiger partial charge >= 0.3 is 6.03 Å². The number of hydrogen-bond acceptors (Lipinski definition) is 3. The first-order chi connectivity index (χ1) is 6.91. The highest BCUT2D eigenvalue weighted by Gasteiger charge is 2.15. The fraction of sp³-hybridized carbons (Fsp3) is 0.600. The van der Waals surface area contributed by atoms with Gasteiger partial charge in [0, 0.05) is 19.0 Å². The molecule has 1 atom stereocenters. The van der Waals surface area contributed by atoms with E-state index in [-0.39, 0.29) is 12.1 Å². The lowest BCUT2D eigenvalue weighted by atomic mass is 10.2. The van der Waals surface area contributed by atoms with Gasteiger partial charge in [0.15, 0.2) is 0 Å². The molecule has 1 aromatic rings. The molecule has 1 rings (SSSR count). The van der Waals surface area contributed by atoms with E-state index in [1.807, 2.05) is 20.8 Å². The molecule has 0 aliphatic rings. The number of nitrogens with one attached hydrogen (secondary N) is 1. The van der Waals surface area contributed by atoms with Gasteiger partial charge in [-0.25, -0.2) is 9.78 Å². The van der Waals surface area contributed by atoms with Gasteiger partial charge in [-0.15, -0.1) is 11.3 Å². The Bertz CT molecular complexity index is 360. The Hall–Kier alpha value is -1.10. The van der Waals surface area contributed by atoms with Crippen molar-refractivity contribution in [2.24, 2.45) is 0 Å². The first-order valence-electron chi connectivity index (χ1n) is 4.83. The number of thiazole rings is 1. The van der Waals surface area contributed by atoms with Crippen LogP contribution in [0.2, 0.25) is 0 Å². The van der Waals surface area contributed by atoms with Crippen LogP contribution in [0.3, 0.4) is 0 Å². The molecular weight excluding hydrogens is 210 g/mol. The number of rotatable bonds is 2. The summed E-state index contributed by atoms with van der Waals surface area (Å²) in [5.74, 6) is 0. The van der Waals surface area contributed by atoms with Crippen molar-refractivity contribution in [2.75, 3.05) is 14.1 Å². The first kappa shape index (κ1) is 12.0. The van der Waals surface area contributed by atoms with Gasteiger partial charge in [0.1, 0.15) is 0 Å². The van der Waals surface area contributed by atoms with E-state index in [0.717, 1.165) is 15.6 Å². The van der Waals surface area contributed by atoms with Crippen molar-refractivity contribution < 1.29 is 4.79 Å². The minimum atomic E-state index is -0.0760. The van der Waals surface area contributed by atoms with Gasteiger partial charge in [-0.3, -0.25) is 0 Å². The van der Waals surface area contributed by atoms with Gasteiger partial charge in [0.2, 0.25) is 0 Å². The van der Waals surface area contributed by atoms with Gasteiger partial charge in [-0.05, 0) is 20.8 Å². The van der Waals surface area contributed by atoms with Crippen molar-refractivity contribution in [3.63, 3.8) is 0 Å². The van der Waals surface area contributed by atoms with E-state index < -0.39 is 0 Å². The molecule has 1 N–H and O–H groups in total. The van der Waals surface area contributed by atoms with Crippen LogP contribution >= 0.6 is 11.3 Å². The Morgan fingerprint density at radius 2 is 2.07 bits per heavy atom. The summed E-state index contributed by atoms with van der Waals surface area (Å²) in [4.78, 5) is 18.4. The second kappa shape index (κ2) is 4.61. The molecule has 0 aliphatic carbocycles.